The first-order chi connectivity index (χ1) is 4.38. The van der Waals surface area contributed by atoms with Crippen molar-refractivity contribution in [1.82, 2.24) is 4.90 Å². The summed E-state index contributed by atoms with van der Waals surface area (Å²) >= 11 is 0. The van der Waals surface area contributed by atoms with Crippen LogP contribution in [0, 0.1) is 0 Å². The van der Waals surface area contributed by atoms with Crippen molar-refractivity contribution in [1.29, 1.82) is 0 Å². The summed E-state index contributed by atoms with van der Waals surface area (Å²) in [5.41, 5.74) is 0. The molecule has 0 spiro atoms. The first-order valence-corrected chi connectivity index (χ1v) is 3.73. The molecule has 0 unspecified atom stereocenters. The molecule has 0 aromatic carbocycles. The zero-order valence-electron chi connectivity index (χ0n) is 6.01. The molecule has 0 amide bonds. The molecule has 9 heavy (non-hydrogen) atoms. The fourth-order valence-corrected chi connectivity index (χ4v) is 1.38. The molecular weight excluding hydrogens is 114 g/mol. The highest BCUT2D eigenvalue weighted by Gasteiger charge is 2.24. The van der Waals surface area contributed by atoms with Gasteiger partial charge in [0, 0.05) is 19.1 Å². The Bertz CT molecular complexity index is 83.0. The molecule has 1 fully saturated rings. The SMILES string of the molecule is CC[C@@H]1CCN1CCO. The third kappa shape index (κ3) is 1.43. The van der Waals surface area contributed by atoms with Gasteiger partial charge in [-0.2, -0.15) is 0 Å². The van der Waals surface area contributed by atoms with E-state index < -0.39 is 0 Å². The largest absolute Gasteiger partial charge is 0.395 e. The normalized spacial score (nSPS) is 28.0. The van der Waals surface area contributed by atoms with Crippen molar-refractivity contribution in [2.24, 2.45) is 0 Å². The van der Waals surface area contributed by atoms with E-state index in [1.807, 2.05) is 0 Å². The molecule has 0 radical (unpaired) electrons. The lowest BCUT2D eigenvalue weighted by Gasteiger charge is -2.40. The minimum absolute atomic E-state index is 0.316. The summed E-state index contributed by atoms with van der Waals surface area (Å²) in [6, 6.07) is 0.775. The van der Waals surface area contributed by atoms with Gasteiger partial charge in [0.1, 0.15) is 0 Å². The van der Waals surface area contributed by atoms with Crippen LogP contribution in [0.3, 0.4) is 0 Å². The third-order valence-electron chi connectivity index (χ3n) is 2.12. The highest BCUT2D eigenvalue weighted by Crippen LogP contribution is 2.18. The summed E-state index contributed by atoms with van der Waals surface area (Å²) in [5.74, 6) is 0. The third-order valence-corrected chi connectivity index (χ3v) is 2.12. The number of aliphatic hydroxyl groups is 1. The van der Waals surface area contributed by atoms with Crippen LogP contribution in [0.4, 0.5) is 0 Å². The summed E-state index contributed by atoms with van der Waals surface area (Å²) < 4.78 is 0. The maximum Gasteiger partial charge on any atom is 0.0558 e. The van der Waals surface area contributed by atoms with E-state index in [2.05, 4.69) is 11.8 Å². The van der Waals surface area contributed by atoms with Crippen LogP contribution in [0.2, 0.25) is 0 Å². The number of rotatable bonds is 3. The van der Waals surface area contributed by atoms with E-state index in [-0.39, 0.29) is 0 Å². The van der Waals surface area contributed by atoms with E-state index in [1.165, 1.54) is 19.4 Å². The molecule has 0 aromatic heterocycles. The lowest BCUT2D eigenvalue weighted by molar-refractivity contribution is 0.0661. The van der Waals surface area contributed by atoms with Gasteiger partial charge in [-0.05, 0) is 12.8 Å². The molecule has 2 heteroatoms. The fraction of sp³-hybridized carbons (Fsp3) is 1.00. The summed E-state index contributed by atoms with van der Waals surface area (Å²) in [7, 11) is 0. The molecule has 1 N–H and O–H groups in total. The topological polar surface area (TPSA) is 23.5 Å². The van der Waals surface area contributed by atoms with Crippen LogP contribution in [0.15, 0.2) is 0 Å². The molecule has 1 rings (SSSR count). The highest BCUT2D eigenvalue weighted by atomic mass is 16.3. The van der Waals surface area contributed by atoms with Crippen molar-refractivity contribution in [3.05, 3.63) is 0 Å². The highest BCUT2D eigenvalue weighted by molar-refractivity contribution is 4.80. The fourth-order valence-electron chi connectivity index (χ4n) is 1.38. The molecule has 1 aliphatic heterocycles. The van der Waals surface area contributed by atoms with Gasteiger partial charge < -0.3 is 5.11 Å². The predicted molar refractivity (Wildman–Crippen MR) is 37.4 cm³/mol. The Morgan fingerprint density at radius 1 is 1.67 bits per heavy atom. The number of nitrogens with zero attached hydrogens (tertiary/aromatic N) is 1. The van der Waals surface area contributed by atoms with E-state index in [4.69, 9.17) is 5.11 Å². The van der Waals surface area contributed by atoms with Crippen LogP contribution in [-0.4, -0.2) is 35.7 Å². The molecule has 0 bridgehead atoms. The van der Waals surface area contributed by atoms with Crippen molar-refractivity contribution in [2.45, 2.75) is 25.8 Å². The molecule has 1 heterocycles. The number of likely N-dealkylation sites (tertiary alicyclic amines) is 1. The van der Waals surface area contributed by atoms with E-state index in [9.17, 15) is 0 Å². The molecule has 54 valence electrons. The van der Waals surface area contributed by atoms with Gasteiger partial charge in [-0.15, -0.1) is 0 Å². The average Bonchev–Trinajstić information content (AvgIpc) is 1.82. The van der Waals surface area contributed by atoms with Gasteiger partial charge in [-0.1, -0.05) is 6.92 Å². The van der Waals surface area contributed by atoms with Crippen LogP contribution in [0.25, 0.3) is 0 Å². The van der Waals surface area contributed by atoms with Crippen LogP contribution in [0.5, 0.6) is 0 Å². The Hall–Kier alpha value is -0.0800. The van der Waals surface area contributed by atoms with E-state index in [0.29, 0.717) is 6.61 Å². The Morgan fingerprint density at radius 2 is 2.44 bits per heavy atom. The maximum atomic E-state index is 8.57. The van der Waals surface area contributed by atoms with E-state index >= 15 is 0 Å². The second-order valence-corrected chi connectivity index (χ2v) is 2.61. The summed E-state index contributed by atoms with van der Waals surface area (Å²) in [4.78, 5) is 2.33. The Balaban J connectivity index is 2.11. The number of hydrogen-bond acceptors (Lipinski definition) is 2. The Labute approximate surface area is 56.5 Å². The van der Waals surface area contributed by atoms with Crippen molar-refractivity contribution in [3.8, 4) is 0 Å². The van der Waals surface area contributed by atoms with Crippen molar-refractivity contribution in [2.75, 3.05) is 19.7 Å². The summed E-state index contributed by atoms with van der Waals surface area (Å²) in [5, 5.41) is 8.57. The molecule has 2 nitrogen and oxygen atoms in total. The predicted octanol–water partition coefficient (Wildman–Crippen LogP) is 0.463. The first-order valence-electron chi connectivity index (χ1n) is 3.73. The minimum Gasteiger partial charge on any atom is -0.395 e. The van der Waals surface area contributed by atoms with Crippen molar-refractivity contribution in [3.63, 3.8) is 0 Å². The summed E-state index contributed by atoms with van der Waals surface area (Å²) in [6.45, 7) is 4.59. The Kier molecular flexibility index (Phi) is 2.49. The second kappa shape index (κ2) is 3.18. The van der Waals surface area contributed by atoms with E-state index in [1.54, 1.807) is 0 Å². The standard InChI is InChI=1S/C7H15NO/c1-2-7-3-4-8(7)5-6-9/h7,9H,2-6H2,1H3/t7-/m1/s1. The molecular formula is C7H15NO. The quantitative estimate of drug-likeness (QED) is 0.598. The lowest BCUT2D eigenvalue weighted by atomic mass is 10.0. The van der Waals surface area contributed by atoms with Crippen LogP contribution >= 0.6 is 0 Å². The monoisotopic (exact) mass is 129 g/mol. The van der Waals surface area contributed by atoms with Gasteiger partial charge in [-0.25, -0.2) is 0 Å². The van der Waals surface area contributed by atoms with Gasteiger partial charge in [0.15, 0.2) is 0 Å². The lowest BCUT2D eigenvalue weighted by Crippen LogP contribution is -2.48. The zero-order valence-corrected chi connectivity index (χ0v) is 6.01. The number of β-amino-alcohol motifs (C(OH)–C–C–N with tert-alkyl or cyclic N) is 1. The Morgan fingerprint density at radius 3 is 2.78 bits per heavy atom. The maximum absolute atomic E-state index is 8.57. The molecule has 0 aliphatic carbocycles. The van der Waals surface area contributed by atoms with Gasteiger partial charge in [0.2, 0.25) is 0 Å². The van der Waals surface area contributed by atoms with Crippen LogP contribution in [-0.2, 0) is 0 Å². The second-order valence-electron chi connectivity index (χ2n) is 2.61. The average molecular weight is 129 g/mol. The van der Waals surface area contributed by atoms with Gasteiger partial charge in [0.05, 0.1) is 6.61 Å². The first kappa shape index (κ1) is 7.03. The molecule has 1 saturated heterocycles. The van der Waals surface area contributed by atoms with Gasteiger partial charge in [0.25, 0.3) is 0 Å². The number of aliphatic hydroxyl groups excluding tert-OH is 1. The molecule has 0 saturated carbocycles. The van der Waals surface area contributed by atoms with Crippen LogP contribution in [0.1, 0.15) is 19.8 Å². The van der Waals surface area contributed by atoms with Crippen LogP contribution < -0.4 is 0 Å². The van der Waals surface area contributed by atoms with E-state index in [0.717, 1.165) is 12.6 Å². The summed E-state index contributed by atoms with van der Waals surface area (Å²) in [6.07, 6.45) is 2.57. The molecule has 0 aromatic rings. The van der Waals surface area contributed by atoms with Gasteiger partial charge in [-0.3, -0.25) is 4.90 Å². The minimum atomic E-state index is 0.316. The smallest absolute Gasteiger partial charge is 0.0558 e. The molecule has 1 atom stereocenters. The van der Waals surface area contributed by atoms with Crippen molar-refractivity contribution < 1.29 is 5.11 Å². The number of hydrogen-bond donors (Lipinski definition) is 1. The molecule has 1 aliphatic rings. The zero-order chi connectivity index (χ0) is 6.69. The van der Waals surface area contributed by atoms with Gasteiger partial charge >= 0.3 is 0 Å². The van der Waals surface area contributed by atoms with Crippen molar-refractivity contribution >= 4 is 0 Å².